The molecule has 0 aliphatic rings. The summed E-state index contributed by atoms with van der Waals surface area (Å²) in [6.07, 6.45) is 0. The van der Waals surface area contributed by atoms with Gasteiger partial charge in [0.25, 0.3) is 5.69 Å². The van der Waals surface area contributed by atoms with Crippen LogP contribution < -0.4 is 5.73 Å². The van der Waals surface area contributed by atoms with Crippen LogP contribution in [0.25, 0.3) is 0 Å². The Labute approximate surface area is 86.4 Å². The molecule has 15 heavy (non-hydrogen) atoms. The van der Waals surface area contributed by atoms with E-state index in [1.165, 1.54) is 0 Å². The average Bonchev–Trinajstić information content (AvgIpc) is 2.06. The lowest BCUT2D eigenvalue weighted by molar-refractivity contribution is -0.385. The van der Waals surface area contributed by atoms with E-state index in [9.17, 15) is 23.3 Å². The quantitative estimate of drug-likeness (QED) is 0.372. The molecule has 8 heteroatoms. The van der Waals surface area contributed by atoms with Crippen LogP contribution in [0.1, 0.15) is 0 Å². The molecule has 0 saturated carbocycles. The van der Waals surface area contributed by atoms with Crippen molar-refractivity contribution in [1.82, 2.24) is 0 Å². The summed E-state index contributed by atoms with van der Waals surface area (Å²) >= 11 is -0.471. The highest BCUT2D eigenvalue weighted by atomic mass is 32.2. The van der Waals surface area contributed by atoms with Crippen molar-refractivity contribution in [3.05, 3.63) is 28.3 Å². The van der Waals surface area contributed by atoms with Gasteiger partial charge in [-0.05, 0) is 17.8 Å². The molecule has 0 saturated heterocycles. The van der Waals surface area contributed by atoms with Crippen LogP contribution in [0, 0.1) is 10.1 Å². The summed E-state index contributed by atoms with van der Waals surface area (Å²) in [6, 6.07) is 2.93. The normalized spacial score (nSPS) is 11.4. The van der Waals surface area contributed by atoms with Crippen molar-refractivity contribution in [1.29, 1.82) is 0 Å². The molecule has 0 spiro atoms. The van der Waals surface area contributed by atoms with Crippen LogP contribution in [-0.2, 0) is 0 Å². The number of hydrogen-bond donors (Lipinski definition) is 1. The molecule has 0 aromatic heterocycles. The van der Waals surface area contributed by atoms with E-state index in [0.717, 1.165) is 18.2 Å². The summed E-state index contributed by atoms with van der Waals surface area (Å²) < 4.78 is 36.0. The first-order chi connectivity index (χ1) is 6.79. The summed E-state index contributed by atoms with van der Waals surface area (Å²) in [7, 11) is 0. The van der Waals surface area contributed by atoms with Gasteiger partial charge in [0.1, 0.15) is 0 Å². The molecule has 0 aliphatic heterocycles. The fraction of sp³-hybridized carbons (Fsp3) is 0.143. The van der Waals surface area contributed by atoms with Gasteiger partial charge in [0.15, 0.2) is 0 Å². The highest BCUT2D eigenvalue weighted by molar-refractivity contribution is 8.00. The minimum Gasteiger partial charge on any atom is -0.398 e. The molecule has 0 aliphatic carbocycles. The molecule has 0 radical (unpaired) electrons. The Morgan fingerprint density at radius 1 is 1.40 bits per heavy atom. The number of rotatable bonds is 2. The number of non-ortho nitro benzene ring substituents is 1. The molecule has 0 unspecified atom stereocenters. The van der Waals surface area contributed by atoms with E-state index >= 15 is 0 Å². The number of nitro benzene ring substituents is 1. The van der Waals surface area contributed by atoms with Gasteiger partial charge in [-0.3, -0.25) is 10.1 Å². The Kier molecular flexibility index (Phi) is 3.08. The zero-order valence-electron chi connectivity index (χ0n) is 7.12. The van der Waals surface area contributed by atoms with Crippen molar-refractivity contribution in [2.45, 2.75) is 10.4 Å². The monoisotopic (exact) mass is 238 g/mol. The Morgan fingerprint density at radius 2 is 2.00 bits per heavy atom. The van der Waals surface area contributed by atoms with Crippen LogP contribution in [0.15, 0.2) is 23.1 Å². The van der Waals surface area contributed by atoms with E-state index in [1.54, 1.807) is 0 Å². The Bertz CT molecular complexity index is 394. The average molecular weight is 238 g/mol. The third-order valence-electron chi connectivity index (χ3n) is 1.43. The first kappa shape index (κ1) is 11.6. The first-order valence-corrected chi connectivity index (χ1v) is 4.41. The second kappa shape index (κ2) is 3.97. The Hall–Kier alpha value is -1.44. The molecule has 1 rings (SSSR count). The largest absolute Gasteiger partial charge is 0.446 e. The summed E-state index contributed by atoms with van der Waals surface area (Å²) in [6.45, 7) is 0. The van der Waals surface area contributed by atoms with Crippen molar-refractivity contribution in [2.24, 2.45) is 0 Å². The van der Waals surface area contributed by atoms with Crippen LogP contribution in [-0.4, -0.2) is 10.4 Å². The predicted molar refractivity (Wildman–Crippen MR) is 49.4 cm³/mol. The lowest BCUT2D eigenvalue weighted by Crippen LogP contribution is -2.01. The van der Waals surface area contributed by atoms with E-state index in [1.807, 2.05) is 0 Å². The summed E-state index contributed by atoms with van der Waals surface area (Å²) in [5, 5.41) is 10.3. The summed E-state index contributed by atoms with van der Waals surface area (Å²) in [5.74, 6) is 0. The topological polar surface area (TPSA) is 69.2 Å². The van der Waals surface area contributed by atoms with Crippen LogP contribution >= 0.6 is 11.8 Å². The van der Waals surface area contributed by atoms with Crippen LogP contribution in [0.5, 0.6) is 0 Å². The van der Waals surface area contributed by atoms with Gasteiger partial charge in [0.2, 0.25) is 0 Å². The molecular weight excluding hydrogens is 233 g/mol. The van der Waals surface area contributed by atoms with Crippen LogP contribution in [0.4, 0.5) is 24.5 Å². The molecular formula is C7H5F3N2O2S. The van der Waals surface area contributed by atoms with Crippen molar-refractivity contribution < 1.29 is 18.1 Å². The van der Waals surface area contributed by atoms with E-state index in [4.69, 9.17) is 5.73 Å². The van der Waals surface area contributed by atoms with Crippen molar-refractivity contribution in [2.75, 3.05) is 5.73 Å². The first-order valence-electron chi connectivity index (χ1n) is 3.59. The lowest BCUT2D eigenvalue weighted by Gasteiger charge is -2.07. The zero-order valence-corrected chi connectivity index (χ0v) is 7.93. The van der Waals surface area contributed by atoms with Gasteiger partial charge in [0, 0.05) is 22.7 Å². The standard InChI is InChI=1S/C7H5F3N2O2S/c8-7(9,10)15-6-3-4(12(13)14)1-2-5(6)11/h1-3H,11H2. The SMILES string of the molecule is Nc1ccc([N+](=O)[O-])cc1SC(F)(F)F. The fourth-order valence-corrected chi connectivity index (χ4v) is 1.46. The van der Waals surface area contributed by atoms with E-state index in [2.05, 4.69) is 0 Å². The van der Waals surface area contributed by atoms with Gasteiger partial charge >= 0.3 is 5.51 Å². The second-order valence-electron chi connectivity index (χ2n) is 2.53. The van der Waals surface area contributed by atoms with E-state index in [-0.39, 0.29) is 10.6 Å². The number of alkyl halides is 3. The maximum Gasteiger partial charge on any atom is 0.446 e. The van der Waals surface area contributed by atoms with Crippen LogP contribution in [0.2, 0.25) is 0 Å². The summed E-state index contributed by atoms with van der Waals surface area (Å²) in [5.41, 5.74) is 0.186. The predicted octanol–water partition coefficient (Wildman–Crippen LogP) is 2.79. The molecule has 1 aromatic carbocycles. The van der Waals surface area contributed by atoms with Gasteiger partial charge in [-0.2, -0.15) is 13.2 Å². The molecule has 0 bridgehead atoms. The van der Waals surface area contributed by atoms with Gasteiger partial charge in [-0.15, -0.1) is 0 Å². The molecule has 0 amide bonds. The van der Waals surface area contributed by atoms with Gasteiger partial charge < -0.3 is 5.73 Å². The third-order valence-corrected chi connectivity index (χ3v) is 2.24. The molecule has 0 atom stereocenters. The number of halogens is 3. The number of anilines is 1. The van der Waals surface area contributed by atoms with Crippen LogP contribution in [0.3, 0.4) is 0 Å². The zero-order chi connectivity index (χ0) is 11.6. The van der Waals surface area contributed by atoms with Crippen molar-refractivity contribution in [3.63, 3.8) is 0 Å². The number of nitrogen functional groups attached to an aromatic ring is 1. The summed E-state index contributed by atoms with van der Waals surface area (Å²) in [4.78, 5) is 9.16. The van der Waals surface area contributed by atoms with E-state index < -0.39 is 27.9 Å². The Morgan fingerprint density at radius 3 is 2.47 bits per heavy atom. The van der Waals surface area contributed by atoms with E-state index in [0.29, 0.717) is 0 Å². The highest BCUT2D eigenvalue weighted by Gasteiger charge is 2.30. The Balaban J connectivity index is 3.06. The molecule has 2 N–H and O–H groups in total. The maximum atomic E-state index is 12.0. The minimum absolute atomic E-state index is 0.136. The van der Waals surface area contributed by atoms with Gasteiger partial charge in [0.05, 0.1) is 4.92 Å². The van der Waals surface area contributed by atoms with Gasteiger partial charge in [-0.25, -0.2) is 0 Å². The number of nitrogens with two attached hydrogens (primary N) is 1. The minimum atomic E-state index is -4.51. The lowest BCUT2D eigenvalue weighted by atomic mass is 10.3. The highest BCUT2D eigenvalue weighted by Crippen LogP contribution is 2.40. The number of nitrogens with zero attached hydrogens (tertiary/aromatic N) is 1. The molecule has 1 aromatic rings. The number of hydrogen-bond acceptors (Lipinski definition) is 4. The second-order valence-corrected chi connectivity index (χ2v) is 3.63. The number of benzene rings is 1. The smallest absolute Gasteiger partial charge is 0.398 e. The molecule has 0 fully saturated rings. The van der Waals surface area contributed by atoms with Gasteiger partial charge in [-0.1, -0.05) is 0 Å². The number of nitro groups is 1. The third kappa shape index (κ3) is 3.31. The maximum absolute atomic E-state index is 12.0. The fourth-order valence-electron chi connectivity index (χ4n) is 0.850. The molecule has 82 valence electrons. The van der Waals surface area contributed by atoms with Crippen molar-refractivity contribution in [3.8, 4) is 0 Å². The molecule has 4 nitrogen and oxygen atoms in total. The molecule has 0 heterocycles. The number of thioether (sulfide) groups is 1. The van der Waals surface area contributed by atoms with Crippen molar-refractivity contribution >= 4 is 23.1 Å².